The molecule has 0 radical (unpaired) electrons. The highest BCUT2D eigenvalue weighted by molar-refractivity contribution is 7.98. The van der Waals surface area contributed by atoms with E-state index in [0.29, 0.717) is 22.8 Å². The Morgan fingerprint density at radius 3 is 2.81 bits per heavy atom. The number of hydrogen-bond donors (Lipinski definition) is 1. The van der Waals surface area contributed by atoms with Gasteiger partial charge in [0.1, 0.15) is 11.6 Å². The molecule has 0 aliphatic carbocycles. The Bertz CT molecular complexity index is 822. The standard InChI is InChI=1S/C12H7F2N3O3S/c13-6-1-2-8(17(19)20)10(14)9(6)11-15-7-4-21-3-5(7)12(18)16-11/h1-2H,3-4H2,(H,15,16,18). The molecule has 1 aliphatic rings. The molecule has 6 nitrogen and oxygen atoms in total. The lowest BCUT2D eigenvalue weighted by Crippen LogP contribution is -2.16. The van der Waals surface area contributed by atoms with Crippen molar-refractivity contribution < 1.29 is 13.7 Å². The summed E-state index contributed by atoms with van der Waals surface area (Å²) in [5.41, 5.74) is -1.13. The lowest BCUT2D eigenvalue weighted by Gasteiger charge is -2.06. The second-order valence-corrected chi connectivity index (χ2v) is 5.33. The Kier molecular flexibility index (Phi) is 3.20. The molecule has 0 amide bonds. The highest BCUT2D eigenvalue weighted by Crippen LogP contribution is 2.31. The van der Waals surface area contributed by atoms with Crippen molar-refractivity contribution in [3.63, 3.8) is 0 Å². The summed E-state index contributed by atoms with van der Waals surface area (Å²) in [6, 6.07) is 1.51. The van der Waals surface area contributed by atoms with Crippen molar-refractivity contribution in [3.8, 4) is 11.4 Å². The lowest BCUT2D eigenvalue weighted by molar-refractivity contribution is -0.387. The second kappa shape index (κ2) is 4.92. The Morgan fingerprint density at radius 1 is 1.33 bits per heavy atom. The van der Waals surface area contributed by atoms with Crippen molar-refractivity contribution >= 4 is 17.4 Å². The summed E-state index contributed by atoms with van der Waals surface area (Å²) < 4.78 is 27.9. The molecule has 0 saturated heterocycles. The molecular formula is C12H7F2N3O3S. The second-order valence-electron chi connectivity index (χ2n) is 4.35. The van der Waals surface area contributed by atoms with E-state index in [1.54, 1.807) is 0 Å². The van der Waals surface area contributed by atoms with Crippen LogP contribution in [0.15, 0.2) is 16.9 Å². The van der Waals surface area contributed by atoms with E-state index in [9.17, 15) is 23.7 Å². The van der Waals surface area contributed by atoms with Crippen LogP contribution in [0.3, 0.4) is 0 Å². The number of nitrogens with zero attached hydrogens (tertiary/aromatic N) is 2. The van der Waals surface area contributed by atoms with Gasteiger partial charge in [-0.2, -0.15) is 16.2 Å². The molecule has 2 aromatic rings. The molecule has 0 saturated carbocycles. The number of fused-ring (bicyclic) bond motifs is 1. The minimum Gasteiger partial charge on any atom is -0.306 e. The summed E-state index contributed by atoms with van der Waals surface area (Å²) in [5, 5.41) is 10.7. The quantitative estimate of drug-likeness (QED) is 0.679. The number of halogens is 2. The molecule has 0 unspecified atom stereocenters. The maximum atomic E-state index is 14.1. The van der Waals surface area contributed by atoms with Crippen LogP contribution in [-0.4, -0.2) is 14.9 Å². The third-order valence-electron chi connectivity index (χ3n) is 3.09. The topological polar surface area (TPSA) is 88.9 Å². The van der Waals surface area contributed by atoms with Crippen LogP contribution >= 0.6 is 11.8 Å². The predicted molar refractivity (Wildman–Crippen MR) is 71.9 cm³/mol. The molecular weight excluding hydrogens is 304 g/mol. The van der Waals surface area contributed by atoms with Gasteiger partial charge in [0.05, 0.1) is 16.2 Å². The Labute approximate surface area is 120 Å². The summed E-state index contributed by atoms with van der Waals surface area (Å²) in [7, 11) is 0. The highest BCUT2D eigenvalue weighted by atomic mass is 32.2. The monoisotopic (exact) mass is 311 g/mol. The lowest BCUT2D eigenvalue weighted by atomic mass is 10.1. The molecule has 0 fully saturated rings. The number of nitro groups is 1. The van der Waals surface area contributed by atoms with Gasteiger partial charge in [-0.1, -0.05) is 0 Å². The maximum Gasteiger partial charge on any atom is 0.305 e. The molecule has 1 N–H and O–H groups in total. The van der Waals surface area contributed by atoms with E-state index in [1.165, 1.54) is 11.8 Å². The fourth-order valence-corrected chi connectivity index (χ4v) is 3.12. The molecule has 0 bridgehead atoms. The van der Waals surface area contributed by atoms with Crippen LogP contribution in [0.25, 0.3) is 11.4 Å². The zero-order chi connectivity index (χ0) is 15.1. The van der Waals surface area contributed by atoms with Gasteiger partial charge in [0.15, 0.2) is 0 Å². The van der Waals surface area contributed by atoms with E-state index >= 15 is 0 Å². The highest BCUT2D eigenvalue weighted by Gasteiger charge is 2.26. The fraction of sp³-hybridized carbons (Fsp3) is 0.167. The van der Waals surface area contributed by atoms with Crippen molar-refractivity contribution in [2.45, 2.75) is 11.5 Å². The van der Waals surface area contributed by atoms with Gasteiger partial charge in [0, 0.05) is 23.1 Å². The SMILES string of the molecule is O=c1[nH]c(-c2c(F)ccc([N+](=O)[O-])c2F)nc2c1CSC2. The number of aromatic nitrogens is 2. The molecule has 1 aromatic carbocycles. The Hall–Kier alpha value is -2.29. The first kappa shape index (κ1) is 13.7. The van der Waals surface area contributed by atoms with E-state index in [-0.39, 0.29) is 5.82 Å². The van der Waals surface area contributed by atoms with Crippen LogP contribution in [0, 0.1) is 21.7 Å². The number of nitro benzene ring substituents is 1. The summed E-state index contributed by atoms with van der Waals surface area (Å²) in [6.45, 7) is 0. The average Bonchev–Trinajstić information content (AvgIpc) is 2.87. The largest absolute Gasteiger partial charge is 0.306 e. The number of aromatic amines is 1. The summed E-state index contributed by atoms with van der Waals surface area (Å²) >= 11 is 1.46. The zero-order valence-electron chi connectivity index (χ0n) is 10.4. The number of hydrogen-bond acceptors (Lipinski definition) is 5. The van der Waals surface area contributed by atoms with Crippen LogP contribution in [0.4, 0.5) is 14.5 Å². The van der Waals surface area contributed by atoms with E-state index in [4.69, 9.17) is 0 Å². The van der Waals surface area contributed by atoms with E-state index in [0.717, 1.165) is 12.1 Å². The smallest absolute Gasteiger partial charge is 0.305 e. The van der Waals surface area contributed by atoms with Crippen LogP contribution in [0.5, 0.6) is 0 Å². The van der Waals surface area contributed by atoms with Gasteiger partial charge in [-0.05, 0) is 6.07 Å². The van der Waals surface area contributed by atoms with Gasteiger partial charge in [-0.15, -0.1) is 0 Å². The molecule has 21 heavy (non-hydrogen) atoms. The van der Waals surface area contributed by atoms with E-state index < -0.39 is 33.4 Å². The van der Waals surface area contributed by atoms with Crippen molar-refractivity contribution in [2.24, 2.45) is 0 Å². The number of H-pyrrole nitrogens is 1. The normalized spacial score (nSPS) is 13.2. The molecule has 108 valence electrons. The summed E-state index contributed by atoms with van der Waals surface area (Å²) in [4.78, 5) is 27.9. The molecule has 9 heteroatoms. The minimum absolute atomic E-state index is 0.333. The summed E-state index contributed by atoms with van der Waals surface area (Å²) in [5.74, 6) is -1.76. The van der Waals surface area contributed by atoms with Crippen LogP contribution in [0.1, 0.15) is 11.3 Å². The first-order valence-electron chi connectivity index (χ1n) is 5.81. The first-order valence-corrected chi connectivity index (χ1v) is 6.97. The first-order chi connectivity index (χ1) is 9.99. The number of thioether (sulfide) groups is 1. The molecule has 1 aromatic heterocycles. The number of rotatable bonds is 2. The predicted octanol–water partition coefficient (Wildman–Crippen LogP) is 2.37. The Morgan fingerprint density at radius 2 is 2.10 bits per heavy atom. The van der Waals surface area contributed by atoms with Gasteiger partial charge in [0.25, 0.3) is 5.56 Å². The van der Waals surface area contributed by atoms with Crippen molar-refractivity contribution in [1.29, 1.82) is 0 Å². The minimum atomic E-state index is -1.35. The van der Waals surface area contributed by atoms with Crippen molar-refractivity contribution in [2.75, 3.05) is 0 Å². The third kappa shape index (κ3) is 2.19. The van der Waals surface area contributed by atoms with Crippen LogP contribution < -0.4 is 5.56 Å². The number of benzene rings is 1. The molecule has 1 aliphatic heterocycles. The molecule has 0 atom stereocenters. The zero-order valence-corrected chi connectivity index (χ0v) is 11.2. The average molecular weight is 311 g/mol. The molecule has 2 heterocycles. The van der Waals surface area contributed by atoms with Gasteiger partial charge in [-0.3, -0.25) is 14.9 Å². The van der Waals surface area contributed by atoms with Crippen molar-refractivity contribution in [3.05, 3.63) is 55.5 Å². The van der Waals surface area contributed by atoms with Crippen LogP contribution in [0.2, 0.25) is 0 Å². The van der Waals surface area contributed by atoms with Gasteiger partial charge in [-0.25, -0.2) is 9.37 Å². The van der Waals surface area contributed by atoms with E-state index in [2.05, 4.69) is 9.97 Å². The maximum absolute atomic E-state index is 14.1. The van der Waals surface area contributed by atoms with Gasteiger partial charge < -0.3 is 4.98 Å². The number of nitrogens with one attached hydrogen (secondary N) is 1. The Balaban J connectivity index is 2.26. The van der Waals surface area contributed by atoms with Crippen LogP contribution in [-0.2, 0) is 11.5 Å². The van der Waals surface area contributed by atoms with Gasteiger partial charge in [0.2, 0.25) is 5.82 Å². The summed E-state index contributed by atoms with van der Waals surface area (Å²) in [6.07, 6.45) is 0. The fourth-order valence-electron chi connectivity index (χ4n) is 2.08. The molecule has 3 rings (SSSR count). The third-order valence-corrected chi connectivity index (χ3v) is 4.06. The van der Waals surface area contributed by atoms with Gasteiger partial charge >= 0.3 is 5.69 Å². The van der Waals surface area contributed by atoms with Crippen molar-refractivity contribution in [1.82, 2.24) is 9.97 Å². The van der Waals surface area contributed by atoms with E-state index in [1.807, 2.05) is 0 Å². The molecule has 0 spiro atoms.